The Morgan fingerprint density at radius 1 is 1.47 bits per heavy atom. The van der Waals surface area contributed by atoms with Crippen molar-refractivity contribution >= 4 is 35.1 Å². The van der Waals surface area contributed by atoms with Gasteiger partial charge in [-0.1, -0.05) is 23.4 Å². The fraction of sp³-hybridized carbons (Fsp3) is 0.583. The first-order valence-corrected chi connectivity index (χ1v) is 7.79. The number of carbonyl (C=O) groups is 1. The van der Waals surface area contributed by atoms with E-state index in [0.717, 1.165) is 31.7 Å². The maximum atomic E-state index is 11.6. The van der Waals surface area contributed by atoms with Crippen molar-refractivity contribution in [1.29, 1.82) is 0 Å². The predicted octanol–water partition coefficient (Wildman–Crippen LogP) is 1.81. The Kier molecular flexibility index (Phi) is 4.87. The highest BCUT2D eigenvalue weighted by atomic mass is 35.5. The topological polar surface area (TPSA) is 58.1 Å². The van der Waals surface area contributed by atoms with Crippen molar-refractivity contribution in [3.05, 3.63) is 11.2 Å². The molecule has 5 nitrogen and oxygen atoms in total. The number of piperidine rings is 1. The molecule has 1 aliphatic heterocycles. The number of hydrogen-bond donors (Lipinski definition) is 1. The lowest BCUT2D eigenvalue weighted by Crippen LogP contribution is -2.40. The molecule has 7 heteroatoms. The second-order valence-electron chi connectivity index (χ2n) is 4.41. The Morgan fingerprint density at radius 3 is 2.74 bits per heavy atom. The van der Waals surface area contributed by atoms with Crippen LogP contribution >= 0.6 is 23.4 Å². The second-order valence-corrected chi connectivity index (χ2v) is 5.57. The van der Waals surface area contributed by atoms with Crippen LogP contribution in [0.2, 0.25) is 5.15 Å². The monoisotopic (exact) mass is 300 g/mol. The van der Waals surface area contributed by atoms with E-state index < -0.39 is 0 Å². The van der Waals surface area contributed by atoms with Crippen LogP contribution in [0.5, 0.6) is 0 Å². The van der Waals surface area contributed by atoms with Crippen molar-refractivity contribution in [3.63, 3.8) is 0 Å². The number of halogens is 1. The summed E-state index contributed by atoms with van der Waals surface area (Å²) in [5.74, 6) is 1.09. The van der Waals surface area contributed by atoms with E-state index >= 15 is 0 Å². The summed E-state index contributed by atoms with van der Waals surface area (Å²) in [6.45, 7) is 1.64. The van der Waals surface area contributed by atoms with Crippen molar-refractivity contribution in [2.75, 3.05) is 31.3 Å². The molecule has 0 unspecified atom stereocenters. The molecule has 19 heavy (non-hydrogen) atoms. The van der Waals surface area contributed by atoms with E-state index in [4.69, 9.17) is 11.6 Å². The third kappa shape index (κ3) is 3.51. The van der Waals surface area contributed by atoms with Crippen LogP contribution in [0.25, 0.3) is 0 Å². The van der Waals surface area contributed by atoms with Gasteiger partial charge in [-0.25, -0.2) is 9.97 Å². The van der Waals surface area contributed by atoms with E-state index in [1.165, 1.54) is 11.8 Å². The molecule has 1 saturated heterocycles. The number of rotatable bonds is 3. The fourth-order valence-corrected chi connectivity index (χ4v) is 2.82. The molecular weight excluding hydrogens is 284 g/mol. The molecule has 1 amide bonds. The minimum absolute atomic E-state index is 0.110. The smallest absolute Gasteiger partial charge is 0.222 e. The third-order valence-electron chi connectivity index (χ3n) is 3.28. The number of nitrogens with one attached hydrogen (secondary N) is 1. The molecule has 0 spiro atoms. The first-order chi connectivity index (χ1) is 9.13. The van der Waals surface area contributed by atoms with Crippen LogP contribution in [0.4, 0.5) is 5.82 Å². The summed E-state index contributed by atoms with van der Waals surface area (Å²) in [5, 5.41) is 3.85. The van der Waals surface area contributed by atoms with Gasteiger partial charge in [-0.15, -0.1) is 0 Å². The molecular formula is C12H17ClN4OS. The number of hydrogen-bond acceptors (Lipinski definition) is 5. The Labute approximate surface area is 122 Å². The number of anilines is 1. The fourth-order valence-electron chi connectivity index (χ4n) is 2.21. The van der Waals surface area contributed by atoms with Crippen molar-refractivity contribution < 1.29 is 4.79 Å². The van der Waals surface area contributed by atoms with E-state index in [2.05, 4.69) is 20.2 Å². The first-order valence-electron chi connectivity index (χ1n) is 6.19. The number of nitrogens with zero attached hydrogens (tertiary/aromatic N) is 3. The minimum Gasteiger partial charge on any atom is -0.359 e. The van der Waals surface area contributed by atoms with Crippen LogP contribution < -0.4 is 10.2 Å². The molecule has 1 aliphatic rings. The van der Waals surface area contributed by atoms with Gasteiger partial charge in [-0.3, -0.25) is 4.79 Å². The molecule has 0 aromatic carbocycles. The van der Waals surface area contributed by atoms with E-state index in [-0.39, 0.29) is 11.8 Å². The quantitative estimate of drug-likeness (QED) is 0.524. The van der Waals surface area contributed by atoms with Gasteiger partial charge in [-0.2, -0.15) is 0 Å². The van der Waals surface area contributed by atoms with E-state index in [1.807, 2.05) is 6.26 Å². The van der Waals surface area contributed by atoms with Gasteiger partial charge in [0.2, 0.25) is 5.91 Å². The summed E-state index contributed by atoms with van der Waals surface area (Å²) in [5.41, 5.74) is 0. The predicted molar refractivity (Wildman–Crippen MR) is 77.8 cm³/mol. The van der Waals surface area contributed by atoms with Crippen LogP contribution in [0.1, 0.15) is 12.8 Å². The van der Waals surface area contributed by atoms with Crippen molar-refractivity contribution in [2.45, 2.75) is 18.0 Å². The zero-order valence-electron chi connectivity index (χ0n) is 11.0. The maximum Gasteiger partial charge on any atom is 0.222 e. The Morgan fingerprint density at radius 2 is 2.16 bits per heavy atom. The van der Waals surface area contributed by atoms with Gasteiger partial charge in [-0.05, 0) is 19.1 Å². The third-order valence-corrected chi connectivity index (χ3v) is 4.02. The lowest BCUT2D eigenvalue weighted by molar-refractivity contribution is -0.125. The van der Waals surface area contributed by atoms with Crippen LogP contribution in [0.3, 0.4) is 0 Å². The van der Waals surface area contributed by atoms with E-state index in [0.29, 0.717) is 10.3 Å². The lowest BCUT2D eigenvalue weighted by Gasteiger charge is -2.32. The number of amides is 1. The summed E-state index contributed by atoms with van der Waals surface area (Å²) in [4.78, 5) is 22.3. The van der Waals surface area contributed by atoms with Gasteiger partial charge in [0, 0.05) is 32.1 Å². The van der Waals surface area contributed by atoms with Gasteiger partial charge < -0.3 is 10.2 Å². The molecule has 2 heterocycles. The van der Waals surface area contributed by atoms with E-state index in [1.54, 1.807) is 13.1 Å². The first kappa shape index (κ1) is 14.4. The highest BCUT2D eigenvalue weighted by Gasteiger charge is 2.25. The van der Waals surface area contributed by atoms with E-state index in [9.17, 15) is 4.79 Å². The average molecular weight is 301 g/mol. The highest BCUT2D eigenvalue weighted by molar-refractivity contribution is 7.98. The molecule has 0 radical (unpaired) electrons. The lowest BCUT2D eigenvalue weighted by atomic mass is 9.96. The average Bonchev–Trinajstić information content (AvgIpc) is 2.46. The van der Waals surface area contributed by atoms with Crippen LogP contribution in [-0.2, 0) is 4.79 Å². The number of carbonyl (C=O) groups excluding carboxylic acids is 1. The van der Waals surface area contributed by atoms with Gasteiger partial charge in [0.05, 0.1) is 0 Å². The van der Waals surface area contributed by atoms with Gasteiger partial charge in [0.15, 0.2) is 5.16 Å². The summed E-state index contributed by atoms with van der Waals surface area (Å²) < 4.78 is 0. The molecule has 104 valence electrons. The molecule has 1 fully saturated rings. The zero-order valence-corrected chi connectivity index (χ0v) is 12.6. The van der Waals surface area contributed by atoms with Crippen molar-refractivity contribution in [1.82, 2.24) is 15.3 Å². The van der Waals surface area contributed by atoms with Gasteiger partial charge >= 0.3 is 0 Å². The summed E-state index contributed by atoms with van der Waals surface area (Å²) in [6.07, 6.45) is 3.61. The summed E-state index contributed by atoms with van der Waals surface area (Å²) >= 11 is 7.47. The number of aromatic nitrogens is 2. The standard InChI is InChI=1S/C12H17ClN4OS/c1-14-11(18)8-3-5-17(6-4-8)10-7-9(13)15-12(16-10)19-2/h7-8H,3-6H2,1-2H3,(H,14,18). The Balaban J connectivity index is 2.05. The summed E-state index contributed by atoms with van der Waals surface area (Å²) in [6, 6.07) is 1.78. The molecule has 0 aliphatic carbocycles. The SMILES string of the molecule is CNC(=O)C1CCN(c2cc(Cl)nc(SC)n2)CC1. The Bertz CT molecular complexity index is 463. The normalized spacial score (nSPS) is 16.5. The molecule has 0 atom stereocenters. The summed E-state index contributed by atoms with van der Waals surface area (Å²) in [7, 11) is 1.68. The van der Waals surface area contributed by atoms with Crippen LogP contribution in [0, 0.1) is 5.92 Å². The Hall–Kier alpha value is -1.01. The zero-order chi connectivity index (χ0) is 13.8. The maximum absolute atomic E-state index is 11.6. The van der Waals surface area contributed by atoms with Crippen LogP contribution in [-0.4, -0.2) is 42.3 Å². The van der Waals surface area contributed by atoms with Gasteiger partial charge in [0.25, 0.3) is 0 Å². The molecule has 0 saturated carbocycles. The van der Waals surface area contributed by atoms with Crippen LogP contribution in [0.15, 0.2) is 11.2 Å². The molecule has 0 bridgehead atoms. The molecule has 2 rings (SSSR count). The number of thioether (sulfide) groups is 1. The molecule has 1 N–H and O–H groups in total. The molecule has 1 aromatic rings. The largest absolute Gasteiger partial charge is 0.359 e. The second kappa shape index (κ2) is 6.43. The van der Waals surface area contributed by atoms with Crippen molar-refractivity contribution in [3.8, 4) is 0 Å². The highest BCUT2D eigenvalue weighted by Crippen LogP contribution is 2.25. The van der Waals surface area contributed by atoms with Crippen molar-refractivity contribution in [2.24, 2.45) is 5.92 Å². The van der Waals surface area contributed by atoms with Gasteiger partial charge in [0.1, 0.15) is 11.0 Å². The minimum atomic E-state index is 0.110. The molecule has 1 aromatic heterocycles.